The second-order valence-electron chi connectivity index (χ2n) is 2.75. The van der Waals surface area contributed by atoms with Crippen LogP contribution in [0, 0.1) is 0 Å². The molecule has 0 rings (SSSR count). The zero-order chi connectivity index (χ0) is 11.2. The van der Waals surface area contributed by atoms with Crippen LogP contribution in [-0.2, 0) is 20.8 Å². The Morgan fingerprint density at radius 2 is 2.14 bits per heavy atom. The largest absolute Gasteiger partial charge is 0.392 e. The van der Waals surface area contributed by atoms with Crippen LogP contribution in [0.1, 0.15) is 6.42 Å². The topological polar surface area (TPSA) is 89.3 Å². The molecule has 0 bridgehead atoms. The van der Waals surface area contributed by atoms with Crippen molar-refractivity contribution in [2.75, 3.05) is 24.3 Å². The van der Waals surface area contributed by atoms with Crippen molar-refractivity contribution >= 4 is 38.0 Å². The molecule has 3 N–H and O–H groups in total. The first-order chi connectivity index (χ1) is 6.33. The summed E-state index contributed by atoms with van der Waals surface area (Å²) in [6, 6.07) is 0. The molecule has 0 spiro atoms. The predicted octanol–water partition coefficient (Wildman–Crippen LogP) is -1.04. The van der Waals surface area contributed by atoms with E-state index in [0.29, 0.717) is 12.2 Å². The molecule has 0 radical (unpaired) electrons. The predicted molar refractivity (Wildman–Crippen MR) is 62.1 cm³/mol. The molecule has 0 aromatic carbocycles. The maximum Gasteiger partial charge on any atom is 0.218 e. The second kappa shape index (κ2) is 6.44. The van der Waals surface area contributed by atoms with Crippen molar-refractivity contribution in [2.45, 2.75) is 6.42 Å². The average molecular weight is 258 g/mol. The molecule has 0 aromatic rings. The molecule has 84 valence electrons. The number of nitrogens with two attached hydrogens (primary N) is 1. The summed E-state index contributed by atoms with van der Waals surface area (Å²) < 4.78 is 35.2. The fourth-order valence-electron chi connectivity index (χ4n) is 0.741. The lowest BCUT2D eigenvalue weighted by Crippen LogP contribution is -2.33. The minimum absolute atomic E-state index is 0.0587. The van der Waals surface area contributed by atoms with Gasteiger partial charge in [0.05, 0.1) is 4.99 Å². The highest BCUT2D eigenvalue weighted by Gasteiger charge is 2.10. The van der Waals surface area contributed by atoms with E-state index in [1.807, 2.05) is 0 Å². The van der Waals surface area contributed by atoms with Crippen LogP contribution in [0.2, 0.25) is 0 Å². The molecule has 0 amide bonds. The van der Waals surface area contributed by atoms with Gasteiger partial charge in [0.1, 0.15) is 5.75 Å². The van der Waals surface area contributed by atoms with Gasteiger partial charge in [-0.2, -0.15) is 0 Å². The summed E-state index contributed by atoms with van der Waals surface area (Å²) in [6.45, 7) is 0.268. The van der Waals surface area contributed by atoms with Gasteiger partial charge in [-0.3, -0.25) is 4.21 Å². The van der Waals surface area contributed by atoms with E-state index >= 15 is 0 Å². The molecule has 0 aliphatic heterocycles. The van der Waals surface area contributed by atoms with Gasteiger partial charge in [0, 0.05) is 29.4 Å². The summed E-state index contributed by atoms with van der Waals surface area (Å²) in [4.78, 5) is -0.0587. The average Bonchev–Trinajstić information content (AvgIpc) is 1.95. The molecule has 14 heavy (non-hydrogen) atoms. The SMILES string of the molecule is CS(=O)CCCNS(=O)(=O)CC(N)=S. The van der Waals surface area contributed by atoms with Gasteiger partial charge in [-0.15, -0.1) is 0 Å². The van der Waals surface area contributed by atoms with Gasteiger partial charge in [-0.05, 0) is 6.42 Å². The molecule has 0 aliphatic rings. The van der Waals surface area contributed by atoms with E-state index in [9.17, 15) is 12.6 Å². The maximum absolute atomic E-state index is 11.1. The zero-order valence-corrected chi connectivity index (χ0v) is 10.3. The van der Waals surface area contributed by atoms with E-state index in [2.05, 4.69) is 16.9 Å². The molecule has 8 heteroatoms. The Bertz CT molecular complexity index is 312. The minimum atomic E-state index is -3.39. The van der Waals surface area contributed by atoms with E-state index in [0.717, 1.165) is 0 Å². The van der Waals surface area contributed by atoms with Crippen molar-refractivity contribution in [3.63, 3.8) is 0 Å². The second-order valence-corrected chi connectivity index (χ2v) is 6.64. The molecule has 0 fully saturated rings. The fraction of sp³-hybridized carbons (Fsp3) is 0.833. The Kier molecular flexibility index (Phi) is 6.41. The summed E-state index contributed by atoms with van der Waals surface area (Å²) in [5.74, 6) is 0.146. The fourth-order valence-corrected chi connectivity index (χ4v) is 2.69. The molecule has 5 nitrogen and oxygen atoms in total. The lowest BCUT2D eigenvalue weighted by molar-refractivity contribution is 0.584. The standard InChI is InChI=1S/C6H14N2O3S3/c1-13(9)4-2-3-8-14(10,11)5-6(7)12/h8H,2-5H2,1H3,(H2,7,12). The van der Waals surface area contributed by atoms with Crippen LogP contribution >= 0.6 is 12.2 Å². The molecule has 0 saturated heterocycles. The van der Waals surface area contributed by atoms with Crippen LogP contribution in [-0.4, -0.2) is 41.9 Å². The van der Waals surface area contributed by atoms with Crippen LogP contribution in [0.5, 0.6) is 0 Å². The van der Waals surface area contributed by atoms with Crippen LogP contribution < -0.4 is 10.5 Å². The first-order valence-electron chi connectivity index (χ1n) is 3.89. The summed E-state index contributed by atoms with van der Waals surface area (Å²) in [6.07, 6.45) is 2.11. The number of hydrogen-bond acceptors (Lipinski definition) is 4. The summed E-state index contributed by atoms with van der Waals surface area (Å²) >= 11 is 4.47. The van der Waals surface area contributed by atoms with Crippen molar-refractivity contribution in [1.82, 2.24) is 4.72 Å². The van der Waals surface area contributed by atoms with E-state index < -0.39 is 20.8 Å². The Morgan fingerprint density at radius 1 is 1.57 bits per heavy atom. The van der Waals surface area contributed by atoms with E-state index in [-0.39, 0.29) is 17.3 Å². The molecule has 0 heterocycles. The van der Waals surface area contributed by atoms with E-state index in [1.165, 1.54) is 0 Å². The Morgan fingerprint density at radius 3 is 2.57 bits per heavy atom. The monoisotopic (exact) mass is 258 g/mol. The molecule has 0 aliphatic carbocycles. The van der Waals surface area contributed by atoms with Crippen LogP contribution in [0.25, 0.3) is 0 Å². The highest BCUT2D eigenvalue weighted by atomic mass is 32.2. The van der Waals surface area contributed by atoms with Crippen molar-refractivity contribution in [2.24, 2.45) is 5.73 Å². The zero-order valence-electron chi connectivity index (χ0n) is 7.86. The van der Waals surface area contributed by atoms with Crippen LogP contribution in [0.15, 0.2) is 0 Å². The minimum Gasteiger partial charge on any atom is -0.392 e. The summed E-state index contributed by atoms with van der Waals surface area (Å²) in [5, 5.41) is 0. The van der Waals surface area contributed by atoms with Gasteiger partial charge >= 0.3 is 0 Å². The molecular weight excluding hydrogens is 244 g/mol. The smallest absolute Gasteiger partial charge is 0.218 e. The van der Waals surface area contributed by atoms with Crippen molar-refractivity contribution < 1.29 is 12.6 Å². The van der Waals surface area contributed by atoms with Gasteiger partial charge in [0.2, 0.25) is 10.0 Å². The van der Waals surface area contributed by atoms with Crippen LogP contribution in [0.4, 0.5) is 0 Å². The number of hydrogen-bond donors (Lipinski definition) is 2. The number of thiocarbonyl (C=S) groups is 1. The first kappa shape index (κ1) is 13.9. The summed E-state index contributed by atoms with van der Waals surface area (Å²) in [5.41, 5.74) is 5.09. The quantitative estimate of drug-likeness (QED) is 0.450. The van der Waals surface area contributed by atoms with Gasteiger partial charge in [0.15, 0.2) is 0 Å². The number of rotatable bonds is 7. The van der Waals surface area contributed by atoms with Crippen molar-refractivity contribution in [1.29, 1.82) is 0 Å². The van der Waals surface area contributed by atoms with Crippen molar-refractivity contribution in [3.8, 4) is 0 Å². The molecule has 1 atom stereocenters. The number of nitrogens with one attached hydrogen (secondary N) is 1. The molecule has 0 saturated carbocycles. The Balaban J connectivity index is 3.78. The lowest BCUT2D eigenvalue weighted by atomic mass is 10.5. The highest BCUT2D eigenvalue weighted by molar-refractivity contribution is 7.92. The van der Waals surface area contributed by atoms with Crippen molar-refractivity contribution in [3.05, 3.63) is 0 Å². The summed E-state index contributed by atoms with van der Waals surface area (Å²) in [7, 11) is -4.28. The van der Waals surface area contributed by atoms with Gasteiger partial charge in [-0.1, -0.05) is 12.2 Å². The third-order valence-corrected chi connectivity index (χ3v) is 3.79. The lowest BCUT2D eigenvalue weighted by Gasteiger charge is -2.04. The molecule has 1 unspecified atom stereocenters. The molecule has 0 aromatic heterocycles. The highest BCUT2D eigenvalue weighted by Crippen LogP contribution is 1.87. The normalized spacial score (nSPS) is 13.8. The van der Waals surface area contributed by atoms with Gasteiger partial charge < -0.3 is 5.73 Å². The first-order valence-corrected chi connectivity index (χ1v) is 7.68. The van der Waals surface area contributed by atoms with E-state index in [1.54, 1.807) is 6.26 Å². The Labute approximate surface area is 91.9 Å². The van der Waals surface area contributed by atoms with Gasteiger partial charge in [0.25, 0.3) is 0 Å². The number of sulfonamides is 1. The third kappa shape index (κ3) is 8.54. The van der Waals surface area contributed by atoms with Gasteiger partial charge in [-0.25, -0.2) is 13.1 Å². The maximum atomic E-state index is 11.1. The third-order valence-electron chi connectivity index (χ3n) is 1.26. The Hall–Kier alpha value is -0.0500. The molecular formula is C6H14N2O3S3. The van der Waals surface area contributed by atoms with Crippen LogP contribution in [0.3, 0.4) is 0 Å². The van der Waals surface area contributed by atoms with E-state index in [4.69, 9.17) is 5.73 Å².